The van der Waals surface area contributed by atoms with Crippen LogP contribution in [0, 0.1) is 6.07 Å². The highest BCUT2D eigenvalue weighted by atomic mass is 35.5. The lowest BCUT2D eigenvalue weighted by Gasteiger charge is -1.94. The second-order valence-electron chi connectivity index (χ2n) is 4.88. The van der Waals surface area contributed by atoms with E-state index in [4.69, 9.17) is 23.4 Å². The maximum atomic E-state index is 10.7. The molecule has 3 heterocycles. The normalized spacial score (nSPS) is 10.1. The molecule has 0 bridgehead atoms. The number of aromatic amines is 1. The third kappa shape index (κ3) is 4.33. The summed E-state index contributed by atoms with van der Waals surface area (Å²) in [5.41, 5.74) is 2.89. The highest BCUT2D eigenvalue weighted by Gasteiger charge is 2.06. The van der Waals surface area contributed by atoms with Crippen LogP contribution in [0.2, 0.25) is 5.15 Å². The number of hydrogen-bond acceptors (Lipinski definition) is 5. The van der Waals surface area contributed by atoms with Gasteiger partial charge in [0.25, 0.3) is 5.91 Å². The minimum absolute atomic E-state index is 0.0139. The fourth-order valence-electron chi connectivity index (χ4n) is 2.04. The highest BCUT2D eigenvalue weighted by molar-refractivity contribution is 6.29. The van der Waals surface area contributed by atoms with Crippen LogP contribution in [0.1, 0.15) is 10.5 Å². The van der Waals surface area contributed by atoms with E-state index in [1.54, 1.807) is 6.20 Å². The molecule has 0 spiro atoms. The number of amides is 1. The first-order chi connectivity index (χ1) is 12.7. The van der Waals surface area contributed by atoms with E-state index in [-0.39, 0.29) is 10.8 Å². The van der Waals surface area contributed by atoms with Crippen molar-refractivity contribution in [1.82, 2.24) is 29.8 Å². The molecule has 1 radical (unpaired) electrons. The van der Waals surface area contributed by atoms with Gasteiger partial charge in [0, 0.05) is 18.0 Å². The van der Waals surface area contributed by atoms with Gasteiger partial charge in [-0.05, 0) is 24.3 Å². The second kappa shape index (κ2) is 8.37. The predicted octanol–water partition coefficient (Wildman–Crippen LogP) is 3.44. The van der Waals surface area contributed by atoms with E-state index in [1.165, 1.54) is 0 Å². The monoisotopic (exact) mass is 385 g/mol. The lowest BCUT2D eigenvalue weighted by molar-refractivity contribution is 0.0976. The molecule has 26 heavy (non-hydrogen) atoms. The van der Waals surface area contributed by atoms with E-state index in [9.17, 15) is 4.79 Å². The van der Waals surface area contributed by atoms with Gasteiger partial charge in [-0.2, -0.15) is 0 Å². The van der Waals surface area contributed by atoms with Crippen molar-refractivity contribution >= 4 is 40.3 Å². The average molecular weight is 386 g/mol. The van der Waals surface area contributed by atoms with Gasteiger partial charge in [-0.25, -0.2) is 15.0 Å². The van der Waals surface area contributed by atoms with Gasteiger partial charge in [0.1, 0.15) is 22.9 Å². The summed E-state index contributed by atoms with van der Waals surface area (Å²) in [4.78, 5) is 31.7. The summed E-state index contributed by atoms with van der Waals surface area (Å²) in [6, 6.07) is 16.2. The van der Waals surface area contributed by atoms with Gasteiger partial charge in [0.05, 0.1) is 17.1 Å². The molecule has 7 nitrogen and oxygen atoms in total. The van der Waals surface area contributed by atoms with Crippen molar-refractivity contribution in [2.24, 2.45) is 0 Å². The molecule has 4 rings (SSSR count). The number of para-hydroxylation sites is 2. The van der Waals surface area contributed by atoms with E-state index in [2.05, 4.69) is 31.0 Å². The van der Waals surface area contributed by atoms with Gasteiger partial charge < -0.3 is 4.98 Å². The first kappa shape index (κ1) is 17.8. The first-order valence-electron chi connectivity index (χ1n) is 7.34. The molecule has 1 aromatic carbocycles. The number of imidazole rings is 1. The molecular weight excluding hydrogens is 375 g/mol. The third-order valence-electron chi connectivity index (χ3n) is 3.18. The molecule has 0 unspecified atom stereocenters. The van der Waals surface area contributed by atoms with Gasteiger partial charge >= 0.3 is 0 Å². The maximum absolute atomic E-state index is 10.7. The lowest BCUT2D eigenvalue weighted by atomic mass is 10.3. The highest BCUT2D eigenvalue weighted by Crippen LogP contribution is 2.17. The number of aromatic nitrogens is 5. The Morgan fingerprint density at radius 1 is 1.08 bits per heavy atom. The number of carbonyl (C=O) groups is 1. The fourth-order valence-corrected chi connectivity index (χ4v) is 2.26. The quantitative estimate of drug-likeness (QED) is 0.406. The van der Waals surface area contributed by atoms with E-state index >= 15 is 0 Å². The van der Waals surface area contributed by atoms with Crippen LogP contribution in [0.15, 0.2) is 55.0 Å². The lowest BCUT2D eigenvalue weighted by Crippen LogP contribution is -2.14. The molecule has 0 saturated heterocycles. The van der Waals surface area contributed by atoms with Crippen LogP contribution in [-0.4, -0.2) is 30.8 Å². The van der Waals surface area contributed by atoms with Gasteiger partial charge in [0.2, 0.25) is 0 Å². The predicted molar refractivity (Wildman–Crippen MR) is 98.5 cm³/mol. The van der Waals surface area contributed by atoms with Gasteiger partial charge in [-0.3, -0.25) is 14.6 Å². The first-order valence-corrected chi connectivity index (χ1v) is 8.10. The Bertz CT molecular complexity index is 989. The Balaban J connectivity index is 0.000000160. The Labute approximate surface area is 158 Å². The standard InChI is InChI=1S/C12H9N3.C5H2Cl2N3O/c1-2-6-10-9(5-1)14-12(15-10)11-7-3-4-8-13-11;6-4-1-3(5(11)10-7)8-2-9-4/h1-8H,(H,14,15);2H,(H,10,11). The van der Waals surface area contributed by atoms with Crippen LogP contribution in [0.25, 0.3) is 22.6 Å². The average Bonchev–Trinajstić information content (AvgIpc) is 3.13. The van der Waals surface area contributed by atoms with Crippen molar-refractivity contribution in [2.75, 3.05) is 0 Å². The minimum atomic E-state index is -0.559. The molecule has 129 valence electrons. The van der Waals surface area contributed by atoms with Crippen molar-refractivity contribution in [3.8, 4) is 11.5 Å². The maximum Gasteiger partial charge on any atom is 0.285 e. The molecule has 0 fully saturated rings. The zero-order valence-electron chi connectivity index (χ0n) is 13.1. The molecular formula is C17H11Cl2N6O. The summed E-state index contributed by atoms with van der Waals surface area (Å²) < 4.78 is 0. The number of nitrogens with zero attached hydrogens (tertiary/aromatic N) is 4. The Morgan fingerprint density at radius 2 is 1.88 bits per heavy atom. The van der Waals surface area contributed by atoms with Crippen molar-refractivity contribution in [3.63, 3.8) is 0 Å². The fraction of sp³-hybridized carbons (Fsp3) is 0. The molecule has 1 amide bonds. The summed E-state index contributed by atoms with van der Waals surface area (Å²) in [6.45, 7) is 0. The van der Waals surface area contributed by atoms with E-state index in [1.807, 2.05) is 47.3 Å². The minimum Gasteiger partial charge on any atom is -0.337 e. The number of benzene rings is 1. The van der Waals surface area contributed by atoms with Crippen LogP contribution in [0.5, 0.6) is 0 Å². The van der Waals surface area contributed by atoms with E-state index < -0.39 is 5.91 Å². The second-order valence-corrected chi connectivity index (χ2v) is 5.43. The number of fused-ring (bicyclic) bond motifs is 1. The van der Waals surface area contributed by atoms with Gasteiger partial charge in [-0.15, -0.1) is 0 Å². The Hall–Kier alpha value is -3.03. The molecule has 0 aliphatic carbocycles. The molecule has 4 aromatic rings. The van der Waals surface area contributed by atoms with Crippen molar-refractivity contribution in [1.29, 1.82) is 0 Å². The number of nitrogens with one attached hydrogen (secondary N) is 2. The van der Waals surface area contributed by atoms with Crippen molar-refractivity contribution in [2.45, 2.75) is 0 Å². The largest absolute Gasteiger partial charge is 0.337 e. The SMILES string of the molecule is O=C(NCl)c1[c]c(Cl)ncn1.c1ccc(-c2nc3ccccc3[nH]2)nc1. The van der Waals surface area contributed by atoms with Gasteiger partial charge in [-0.1, -0.05) is 29.8 Å². The number of rotatable bonds is 2. The number of pyridine rings is 1. The number of hydrogen-bond donors (Lipinski definition) is 2. The number of halogens is 2. The van der Waals surface area contributed by atoms with E-state index in [0.29, 0.717) is 0 Å². The van der Waals surface area contributed by atoms with Crippen LogP contribution in [-0.2, 0) is 0 Å². The smallest absolute Gasteiger partial charge is 0.285 e. The third-order valence-corrected chi connectivity index (χ3v) is 3.54. The molecule has 0 aliphatic heterocycles. The Kier molecular flexibility index (Phi) is 5.73. The molecule has 0 saturated carbocycles. The topological polar surface area (TPSA) is 96.5 Å². The zero-order valence-corrected chi connectivity index (χ0v) is 14.7. The van der Waals surface area contributed by atoms with Crippen molar-refractivity contribution in [3.05, 3.63) is 71.9 Å². The van der Waals surface area contributed by atoms with Crippen LogP contribution < -0.4 is 4.84 Å². The summed E-state index contributed by atoms with van der Waals surface area (Å²) >= 11 is 10.4. The van der Waals surface area contributed by atoms with Gasteiger partial charge in [0.15, 0.2) is 5.82 Å². The van der Waals surface area contributed by atoms with Crippen LogP contribution in [0.4, 0.5) is 0 Å². The molecule has 9 heteroatoms. The molecule has 2 N–H and O–H groups in total. The zero-order chi connectivity index (χ0) is 18.4. The summed E-state index contributed by atoms with van der Waals surface area (Å²) in [7, 11) is 0. The van der Waals surface area contributed by atoms with Crippen LogP contribution in [0.3, 0.4) is 0 Å². The summed E-state index contributed by atoms with van der Waals surface area (Å²) in [5, 5.41) is 0.0790. The molecule has 0 aliphatic rings. The summed E-state index contributed by atoms with van der Waals surface area (Å²) in [6.07, 6.45) is 2.92. The molecule has 0 atom stereocenters. The van der Waals surface area contributed by atoms with Crippen LogP contribution >= 0.6 is 23.4 Å². The molecule has 3 aromatic heterocycles. The summed E-state index contributed by atoms with van der Waals surface area (Å²) in [5.74, 6) is 0.257. The van der Waals surface area contributed by atoms with Crippen molar-refractivity contribution < 1.29 is 4.79 Å². The number of H-pyrrole nitrogens is 1. The Morgan fingerprint density at radius 3 is 2.58 bits per heavy atom. The number of carbonyl (C=O) groups excluding carboxylic acids is 1. The van der Waals surface area contributed by atoms with E-state index in [0.717, 1.165) is 28.9 Å².